The van der Waals surface area contributed by atoms with Crippen molar-refractivity contribution in [3.05, 3.63) is 101 Å². The second-order valence-corrected chi connectivity index (χ2v) is 10.4. The first-order chi connectivity index (χ1) is 16.1. The third-order valence-corrected chi connectivity index (χ3v) is 7.68. The fraction of sp³-hybridized carbons (Fsp3) is 0.296. The van der Waals surface area contributed by atoms with Crippen molar-refractivity contribution in [1.82, 2.24) is 9.21 Å². The van der Waals surface area contributed by atoms with Gasteiger partial charge in [0.15, 0.2) is 0 Å². The van der Waals surface area contributed by atoms with Gasteiger partial charge in [0.25, 0.3) is 0 Å². The van der Waals surface area contributed by atoms with E-state index in [1.807, 2.05) is 68.4 Å². The number of sulfonamides is 1. The van der Waals surface area contributed by atoms with Crippen LogP contribution in [-0.4, -0.2) is 36.6 Å². The van der Waals surface area contributed by atoms with E-state index in [1.54, 1.807) is 18.7 Å². The Kier molecular flexibility index (Phi) is 8.12. The number of hydrogen-bond donors (Lipinski definition) is 0. The summed E-state index contributed by atoms with van der Waals surface area (Å²) in [5.41, 5.74) is 3.25. The molecule has 2 aromatic carbocycles. The second kappa shape index (κ2) is 10.8. The predicted molar refractivity (Wildman–Crippen MR) is 134 cm³/mol. The molecule has 0 fully saturated rings. The first-order valence-corrected chi connectivity index (χ1v) is 12.6. The highest BCUT2D eigenvalue weighted by atomic mass is 32.2. The SMILES string of the molecule is C=CCN(CC(=O)N(Cc1ccccc1)Cc1ccc(C)o1)S(=O)(=O)c1c(C)cc(C)cc1C. The van der Waals surface area contributed by atoms with Crippen LogP contribution in [0.3, 0.4) is 0 Å². The van der Waals surface area contributed by atoms with E-state index in [9.17, 15) is 13.2 Å². The lowest BCUT2D eigenvalue weighted by Crippen LogP contribution is -2.42. The summed E-state index contributed by atoms with van der Waals surface area (Å²) in [6.45, 7) is 11.4. The van der Waals surface area contributed by atoms with Crippen molar-refractivity contribution >= 4 is 15.9 Å². The molecule has 0 N–H and O–H groups in total. The molecule has 34 heavy (non-hydrogen) atoms. The number of rotatable bonds is 10. The fourth-order valence-corrected chi connectivity index (χ4v) is 5.91. The van der Waals surface area contributed by atoms with Crippen molar-refractivity contribution in [2.24, 2.45) is 0 Å². The lowest BCUT2D eigenvalue weighted by molar-refractivity contribution is -0.132. The molecular weight excluding hydrogens is 448 g/mol. The lowest BCUT2D eigenvalue weighted by Gasteiger charge is -2.27. The Bertz CT molecular complexity index is 1240. The van der Waals surface area contributed by atoms with Crippen LogP contribution in [0.4, 0.5) is 0 Å². The molecule has 1 heterocycles. The largest absolute Gasteiger partial charge is 0.464 e. The number of carbonyl (C=O) groups is 1. The zero-order valence-electron chi connectivity index (χ0n) is 20.2. The molecule has 180 valence electrons. The minimum absolute atomic E-state index is 0.0276. The normalized spacial score (nSPS) is 11.6. The molecule has 3 rings (SSSR count). The lowest BCUT2D eigenvalue weighted by atomic mass is 10.1. The van der Waals surface area contributed by atoms with Gasteiger partial charge in [-0.05, 0) is 56.5 Å². The zero-order valence-corrected chi connectivity index (χ0v) is 21.1. The first kappa shape index (κ1) is 25.5. The number of nitrogens with zero attached hydrogens (tertiary/aromatic N) is 2. The Morgan fingerprint density at radius 1 is 0.971 bits per heavy atom. The van der Waals surface area contributed by atoms with Crippen molar-refractivity contribution in [2.75, 3.05) is 13.1 Å². The number of hydrogen-bond acceptors (Lipinski definition) is 4. The second-order valence-electron chi connectivity index (χ2n) is 8.56. The Labute approximate surface area is 202 Å². The predicted octanol–water partition coefficient (Wildman–Crippen LogP) is 4.92. The number of benzene rings is 2. The monoisotopic (exact) mass is 480 g/mol. The van der Waals surface area contributed by atoms with E-state index < -0.39 is 10.0 Å². The highest BCUT2D eigenvalue weighted by Crippen LogP contribution is 2.25. The zero-order chi connectivity index (χ0) is 24.9. The molecule has 3 aromatic rings. The molecule has 0 saturated heterocycles. The minimum atomic E-state index is -3.92. The summed E-state index contributed by atoms with van der Waals surface area (Å²) >= 11 is 0. The molecular formula is C27H32N2O4S. The van der Waals surface area contributed by atoms with Gasteiger partial charge in [0.1, 0.15) is 11.5 Å². The Balaban J connectivity index is 1.92. The molecule has 6 nitrogen and oxygen atoms in total. The van der Waals surface area contributed by atoms with E-state index in [2.05, 4.69) is 6.58 Å². The van der Waals surface area contributed by atoms with Crippen LogP contribution in [0, 0.1) is 27.7 Å². The van der Waals surface area contributed by atoms with Crippen LogP contribution >= 0.6 is 0 Å². The Morgan fingerprint density at radius 2 is 1.62 bits per heavy atom. The molecule has 0 aliphatic heterocycles. The smallest absolute Gasteiger partial charge is 0.244 e. The molecule has 0 saturated carbocycles. The highest BCUT2D eigenvalue weighted by Gasteiger charge is 2.30. The molecule has 0 bridgehead atoms. The number of amides is 1. The molecule has 0 aliphatic rings. The summed E-state index contributed by atoms with van der Waals surface area (Å²) in [4.78, 5) is 15.3. The maximum absolute atomic E-state index is 13.6. The van der Waals surface area contributed by atoms with E-state index in [0.717, 1.165) is 16.9 Å². The van der Waals surface area contributed by atoms with Gasteiger partial charge in [-0.3, -0.25) is 4.79 Å². The third-order valence-electron chi connectivity index (χ3n) is 5.56. The summed E-state index contributed by atoms with van der Waals surface area (Å²) in [5, 5.41) is 0. The van der Waals surface area contributed by atoms with E-state index in [4.69, 9.17) is 4.42 Å². The standard InChI is InChI=1S/C27H32N2O4S/c1-6-14-29(34(31,32)27-21(3)15-20(2)16-22(27)4)19-26(30)28(17-24-10-8-7-9-11-24)18-25-13-12-23(5)33-25/h6-13,15-16H,1,14,17-19H2,2-5H3. The van der Waals surface area contributed by atoms with Gasteiger partial charge in [-0.15, -0.1) is 6.58 Å². The van der Waals surface area contributed by atoms with E-state index in [1.165, 1.54) is 10.4 Å². The number of furan rings is 1. The van der Waals surface area contributed by atoms with Crippen molar-refractivity contribution in [3.8, 4) is 0 Å². The molecule has 0 spiro atoms. The number of aryl methyl sites for hydroxylation is 4. The highest BCUT2D eigenvalue weighted by molar-refractivity contribution is 7.89. The van der Waals surface area contributed by atoms with Crippen molar-refractivity contribution in [3.63, 3.8) is 0 Å². The van der Waals surface area contributed by atoms with Gasteiger partial charge in [-0.1, -0.05) is 54.1 Å². The quantitative estimate of drug-likeness (QED) is 0.386. The van der Waals surface area contributed by atoms with E-state index in [-0.39, 0.29) is 30.4 Å². The van der Waals surface area contributed by atoms with Gasteiger partial charge in [-0.25, -0.2) is 8.42 Å². The first-order valence-electron chi connectivity index (χ1n) is 11.2. The number of carbonyl (C=O) groups excluding carboxylic acids is 1. The van der Waals surface area contributed by atoms with E-state index >= 15 is 0 Å². The van der Waals surface area contributed by atoms with Crippen LogP contribution in [0.5, 0.6) is 0 Å². The molecule has 0 unspecified atom stereocenters. The van der Waals surface area contributed by atoms with Gasteiger partial charge in [0, 0.05) is 13.1 Å². The molecule has 1 aromatic heterocycles. The van der Waals surface area contributed by atoms with Crippen LogP contribution in [-0.2, 0) is 27.9 Å². The van der Waals surface area contributed by atoms with Gasteiger partial charge >= 0.3 is 0 Å². The average molecular weight is 481 g/mol. The van der Waals surface area contributed by atoms with Gasteiger partial charge in [-0.2, -0.15) is 4.31 Å². The minimum Gasteiger partial charge on any atom is -0.464 e. The summed E-state index contributed by atoms with van der Waals surface area (Å²) in [7, 11) is -3.92. The van der Waals surface area contributed by atoms with E-state index in [0.29, 0.717) is 23.4 Å². The third kappa shape index (κ3) is 6.04. The maximum atomic E-state index is 13.6. The summed E-state index contributed by atoms with van der Waals surface area (Å²) in [6.07, 6.45) is 1.50. The summed E-state index contributed by atoms with van der Waals surface area (Å²) < 4.78 is 34.2. The van der Waals surface area contributed by atoms with Gasteiger partial charge in [0.2, 0.25) is 15.9 Å². The molecule has 7 heteroatoms. The van der Waals surface area contributed by atoms with Crippen LogP contribution in [0.15, 0.2) is 76.6 Å². The van der Waals surface area contributed by atoms with Gasteiger partial charge in [0.05, 0.1) is 18.0 Å². The Hall–Kier alpha value is -3.16. The van der Waals surface area contributed by atoms with Crippen molar-refractivity contribution in [1.29, 1.82) is 0 Å². The summed E-state index contributed by atoms with van der Waals surface area (Å²) in [6, 6.07) is 17.0. The molecule has 1 amide bonds. The van der Waals surface area contributed by atoms with Crippen molar-refractivity contribution < 1.29 is 17.6 Å². The van der Waals surface area contributed by atoms with Crippen molar-refractivity contribution in [2.45, 2.75) is 45.7 Å². The topological polar surface area (TPSA) is 70.8 Å². The van der Waals surface area contributed by atoms with Crippen LogP contribution in [0.1, 0.15) is 33.8 Å². The summed E-state index contributed by atoms with van der Waals surface area (Å²) in [5.74, 6) is 1.08. The maximum Gasteiger partial charge on any atom is 0.244 e. The van der Waals surface area contributed by atoms with Gasteiger partial charge < -0.3 is 9.32 Å². The van der Waals surface area contributed by atoms with Crippen LogP contribution < -0.4 is 0 Å². The fourth-order valence-electron chi connectivity index (χ4n) is 4.14. The van der Waals surface area contributed by atoms with Crippen LogP contribution in [0.25, 0.3) is 0 Å². The average Bonchev–Trinajstić information content (AvgIpc) is 3.17. The Morgan fingerprint density at radius 3 is 2.18 bits per heavy atom. The molecule has 0 aliphatic carbocycles. The molecule has 0 radical (unpaired) electrons. The molecule has 0 atom stereocenters. The van der Waals surface area contributed by atoms with Crippen LogP contribution in [0.2, 0.25) is 0 Å².